The first-order chi connectivity index (χ1) is 7.16. The van der Waals surface area contributed by atoms with Crippen molar-refractivity contribution in [3.63, 3.8) is 0 Å². The summed E-state index contributed by atoms with van der Waals surface area (Å²) in [5.41, 5.74) is 0.175. The molecule has 4 nitrogen and oxygen atoms in total. The molecule has 2 rings (SSSR count). The zero-order chi connectivity index (χ0) is 10.8. The van der Waals surface area contributed by atoms with Gasteiger partial charge in [0.15, 0.2) is 0 Å². The van der Waals surface area contributed by atoms with Crippen molar-refractivity contribution in [2.24, 2.45) is 11.8 Å². The molecule has 1 heterocycles. The molecule has 1 saturated carbocycles. The number of carbonyl (C=O) groups excluding carboxylic acids is 1. The van der Waals surface area contributed by atoms with Crippen LogP contribution < -0.4 is 10.9 Å². The van der Waals surface area contributed by atoms with Crippen molar-refractivity contribution in [3.8, 4) is 0 Å². The van der Waals surface area contributed by atoms with Crippen LogP contribution in [0.5, 0.6) is 0 Å². The first-order valence-corrected chi connectivity index (χ1v) is 5.14. The molecule has 15 heavy (non-hydrogen) atoms. The van der Waals surface area contributed by atoms with E-state index in [0.717, 1.165) is 5.92 Å². The summed E-state index contributed by atoms with van der Waals surface area (Å²) in [6, 6.07) is 2.92. The van der Waals surface area contributed by atoms with E-state index < -0.39 is 0 Å². The minimum absolute atomic E-state index is 0.166. The average Bonchev–Trinajstić information content (AvgIpc) is 2.91. The maximum Gasteiger partial charge on any atom is 0.251 e. The van der Waals surface area contributed by atoms with Crippen molar-refractivity contribution in [1.82, 2.24) is 10.3 Å². The lowest BCUT2D eigenvalue weighted by molar-refractivity contribution is 0.0951. The first-order valence-electron chi connectivity index (χ1n) is 5.14. The van der Waals surface area contributed by atoms with Crippen LogP contribution in [0.15, 0.2) is 23.1 Å². The Morgan fingerprint density at radius 1 is 1.67 bits per heavy atom. The molecule has 0 aromatic carbocycles. The molecule has 0 radical (unpaired) electrons. The highest BCUT2D eigenvalue weighted by Gasteiger charge is 2.32. The molecule has 0 aliphatic heterocycles. The lowest BCUT2D eigenvalue weighted by atomic mass is 10.2. The van der Waals surface area contributed by atoms with Crippen LogP contribution in [0.3, 0.4) is 0 Å². The molecule has 0 spiro atoms. The number of aromatic amines is 1. The van der Waals surface area contributed by atoms with E-state index in [0.29, 0.717) is 18.0 Å². The van der Waals surface area contributed by atoms with Gasteiger partial charge in [-0.2, -0.15) is 0 Å². The standard InChI is InChI=1S/C11H14N2O2/c1-7-4-9(7)6-13-11(15)8-2-3-12-10(14)5-8/h2-3,5,7,9H,4,6H2,1H3,(H,12,14)(H,13,15). The number of aromatic nitrogens is 1. The Morgan fingerprint density at radius 3 is 3.00 bits per heavy atom. The second kappa shape index (κ2) is 3.88. The average molecular weight is 206 g/mol. The maximum absolute atomic E-state index is 11.6. The van der Waals surface area contributed by atoms with Crippen LogP contribution in [0.25, 0.3) is 0 Å². The summed E-state index contributed by atoms with van der Waals surface area (Å²) in [6.45, 7) is 2.89. The van der Waals surface area contributed by atoms with Crippen LogP contribution in [0.2, 0.25) is 0 Å². The van der Waals surface area contributed by atoms with Gasteiger partial charge in [-0.25, -0.2) is 0 Å². The molecule has 2 N–H and O–H groups in total. The largest absolute Gasteiger partial charge is 0.352 e. The summed E-state index contributed by atoms with van der Waals surface area (Å²) in [5, 5.41) is 2.83. The predicted octanol–water partition coefficient (Wildman–Crippen LogP) is 0.761. The number of hydrogen-bond donors (Lipinski definition) is 2. The van der Waals surface area contributed by atoms with E-state index in [1.54, 1.807) is 6.07 Å². The number of nitrogens with one attached hydrogen (secondary N) is 2. The molecule has 1 aromatic heterocycles. The van der Waals surface area contributed by atoms with Crippen molar-refractivity contribution in [1.29, 1.82) is 0 Å². The molecule has 4 heteroatoms. The minimum Gasteiger partial charge on any atom is -0.352 e. The smallest absolute Gasteiger partial charge is 0.251 e. The molecule has 1 fully saturated rings. The van der Waals surface area contributed by atoms with E-state index in [2.05, 4.69) is 17.2 Å². The van der Waals surface area contributed by atoms with Crippen LogP contribution in [0.4, 0.5) is 0 Å². The lowest BCUT2D eigenvalue weighted by Gasteiger charge is -2.03. The third-order valence-electron chi connectivity index (χ3n) is 2.84. The highest BCUT2D eigenvalue weighted by atomic mass is 16.2. The Kier molecular flexibility index (Phi) is 2.58. The van der Waals surface area contributed by atoms with Gasteiger partial charge in [0.2, 0.25) is 5.56 Å². The number of H-pyrrole nitrogens is 1. The summed E-state index contributed by atoms with van der Waals surface area (Å²) in [6.07, 6.45) is 2.67. The van der Waals surface area contributed by atoms with Gasteiger partial charge in [-0.3, -0.25) is 9.59 Å². The van der Waals surface area contributed by atoms with E-state index in [1.165, 1.54) is 18.7 Å². The van der Waals surface area contributed by atoms with Crippen molar-refractivity contribution in [2.75, 3.05) is 6.54 Å². The Morgan fingerprint density at radius 2 is 2.40 bits per heavy atom. The number of amides is 1. The Hall–Kier alpha value is -1.58. The molecular weight excluding hydrogens is 192 g/mol. The normalized spacial score (nSPS) is 23.5. The molecule has 0 bridgehead atoms. The van der Waals surface area contributed by atoms with Crippen molar-refractivity contribution in [2.45, 2.75) is 13.3 Å². The fourth-order valence-corrected chi connectivity index (χ4v) is 1.60. The monoisotopic (exact) mass is 206 g/mol. The zero-order valence-electron chi connectivity index (χ0n) is 8.62. The number of rotatable bonds is 3. The zero-order valence-corrected chi connectivity index (χ0v) is 8.62. The third-order valence-corrected chi connectivity index (χ3v) is 2.84. The van der Waals surface area contributed by atoms with E-state index in [1.807, 2.05) is 0 Å². The minimum atomic E-state index is -0.248. The molecule has 1 amide bonds. The highest BCUT2D eigenvalue weighted by molar-refractivity contribution is 5.93. The third kappa shape index (κ3) is 2.46. The summed E-state index contributed by atoms with van der Waals surface area (Å²) in [5.74, 6) is 1.18. The van der Waals surface area contributed by atoms with Crippen molar-refractivity contribution < 1.29 is 4.79 Å². The molecule has 1 aliphatic rings. The summed E-state index contributed by atoms with van der Waals surface area (Å²) in [7, 11) is 0. The molecule has 2 unspecified atom stereocenters. The van der Waals surface area contributed by atoms with Gasteiger partial charge in [0.1, 0.15) is 0 Å². The van der Waals surface area contributed by atoms with Gasteiger partial charge in [-0.05, 0) is 24.3 Å². The second-order valence-corrected chi connectivity index (χ2v) is 4.12. The van der Waals surface area contributed by atoms with Crippen LogP contribution in [0, 0.1) is 11.8 Å². The maximum atomic E-state index is 11.6. The topological polar surface area (TPSA) is 62.0 Å². The van der Waals surface area contributed by atoms with E-state index in [-0.39, 0.29) is 11.5 Å². The Balaban J connectivity index is 1.93. The van der Waals surface area contributed by atoms with Crippen molar-refractivity contribution >= 4 is 5.91 Å². The summed E-state index contributed by atoms with van der Waals surface area (Å²) >= 11 is 0. The van der Waals surface area contributed by atoms with Gasteiger partial charge in [0, 0.05) is 24.4 Å². The van der Waals surface area contributed by atoms with Crippen LogP contribution in [-0.2, 0) is 0 Å². The van der Waals surface area contributed by atoms with Crippen LogP contribution in [0.1, 0.15) is 23.7 Å². The SMILES string of the molecule is CC1CC1CNC(=O)c1cc[nH]c(=O)c1. The molecule has 1 aliphatic carbocycles. The number of carbonyl (C=O) groups is 1. The highest BCUT2D eigenvalue weighted by Crippen LogP contribution is 2.36. The number of hydrogen-bond acceptors (Lipinski definition) is 2. The van der Waals surface area contributed by atoms with Crippen molar-refractivity contribution in [3.05, 3.63) is 34.2 Å². The van der Waals surface area contributed by atoms with E-state index in [4.69, 9.17) is 0 Å². The van der Waals surface area contributed by atoms with Gasteiger partial charge in [0.05, 0.1) is 0 Å². The fourth-order valence-electron chi connectivity index (χ4n) is 1.60. The predicted molar refractivity (Wildman–Crippen MR) is 56.7 cm³/mol. The molecule has 80 valence electrons. The van der Waals surface area contributed by atoms with E-state index in [9.17, 15) is 9.59 Å². The van der Waals surface area contributed by atoms with Gasteiger partial charge in [-0.15, -0.1) is 0 Å². The van der Waals surface area contributed by atoms with Gasteiger partial charge in [0.25, 0.3) is 5.91 Å². The lowest BCUT2D eigenvalue weighted by Crippen LogP contribution is -2.26. The number of pyridine rings is 1. The van der Waals surface area contributed by atoms with Gasteiger partial charge in [-0.1, -0.05) is 6.92 Å². The van der Waals surface area contributed by atoms with Gasteiger partial charge < -0.3 is 10.3 Å². The first kappa shape index (κ1) is 9.96. The Bertz CT molecular complexity index is 425. The Labute approximate surface area is 87.7 Å². The van der Waals surface area contributed by atoms with Gasteiger partial charge >= 0.3 is 0 Å². The second-order valence-electron chi connectivity index (χ2n) is 4.12. The van der Waals surface area contributed by atoms with Crippen LogP contribution >= 0.6 is 0 Å². The van der Waals surface area contributed by atoms with Crippen LogP contribution in [-0.4, -0.2) is 17.4 Å². The summed E-state index contributed by atoms with van der Waals surface area (Å²) in [4.78, 5) is 25.0. The summed E-state index contributed by atoms with van der Waals surface area (Å²) < 4.78 is 0. The fraction of sp³-hybridized carbons (Fsp3) is 0.455. The molecule has 2 atom stereocenters. The quantitative estimate of drug-likeness (QED) is 0.767. The molecule has 0 saturated heterocycles. The molecular formula is C11H14N2O2. The van der Waals surface area contributed by atoms with E-state index >= 15 is 0 Å². The molecule has 1 aromatic rings.